The highest BCUT2D eigenvalue weighted by Gasteiger charge is 2.64. The van der Waals surface area contributed by atoms with E-state index in [0.29, 0.717) is 12.1 Å². The Morgan fingerprint density at radius 1 is 1.53 bits per heavy atom. The molecule has 1 aromatic heterocycles. The summed E-state index contributed by atoms with van der Waals surface area (Å²) in [4.78, 5) is 12.0. The molecular formula is C11H15F3N4O. The van der Waals surface area contributed by atoms with Gasteiger partial charge in [-0.3, -0.25) is 9.48 Å². The van der Waals surface area contributed by atoms with Gasteiger partial charge in [-0.2, -0.15) is 18.3 Å². The molecule has 1 amide bonds. The number of aromatic nitrogens is 2. The summed E-state index contributed by atoms with van der Waals surface area (Å²) in [6.45, 7) is 1.80. The van der Waals surface area contributed by atoms with Crippen LogP contribution >= 0.6 is 0 Å². The minimum Gasteiger partial charge on any atom is -0.395 e. The van der Waals surface area contributed by atoms with Gasteiger partial charge >= 0.3 is 6.18 Å². The number of nitrogens with zero attached hydrogens (tertiary/aromatic N) is 2. The van der Waals surface area contributed by atoms with E-state index in [4.69, 9.17) is 5.73 Å². The van der Waals surface area contributed by atoms with E-state index in [1.54, 1.807) is 6.92 Å². The molecule has 2 rings (SSSR count). The van der Waals surface area contributed by atoms with Gasteiger partial charge < -0.3 is 11.1 Å². The highest BCUT2D eigenvalue weighted by molar-refractivity contribution is 5.98. The average Bonchev–Trinajstić information content (AvgIpc) is 3.00. The van der Waals surface area contributed by atoms with Gasteiger partial charge in [-0.05, 0) is 19.3 Å². The number of carbonyl (C=O) groups is 1. The highest BCUT2D eigenvalue weighted by atomic mass is 19.4. The Morgan fingerprint density at radius 3 is 2.47 bits per heavy atom. The Kier molecular flexibility index (Phi) is 2.98. The van der Waals surface area contributed by atoms with Crippen molar-refractivity contribution in [1.29, 1.82) is 0 Å². The zero-order valence-electron chi connectivity index (χ0n) is 10.6. The van der Waals surface area contributed by atoms with E-state index in [1.165, 1.54) is 11.7 Å². The second-order valence-electron chi connectivity index (χ2n) is 4.72. The van der Waals surface area contributed by atoms with Crippen LogP contribution in [0.4, 0.5) is 18.9 Å². The molecule has 0 aliphatic heterocycles. The molecule has 0 atom stereocenters. The molecule has 1 saturated carbocycles. The molecule has 8 heteroatoms. The minimum atomic E-state index is -4.44. The molecule has 0 bridgehead atoms. The van der Waals surface area contributed by atoms with Gasteiger partial charge in [-0.25, -0.2) is 0 Å². The first kappa shape index (κ1) is 13.7. The first-order chi connectivity index (χ1) is 8.72. The molecule has 106 valence electrons. The van der Waals surface area contributed by atoms with Gasteiger partial charge in [0.1, 0.15) is 11.2 Å². The lowest BCUT2D eigenvalue weighted by atomic mass is 10.2. The summed E-state index contributed by atoms with van der Waals surface area (Å²) in [7, 11) is 1.48. The molecule has 0 aromatic carbocycles. The maximum absolute atomic E-state index is 12.8. The van der Waals surface area contributed by atoms with Gasteiger partial charge in [0, 0.05) is 7.05 Å². The van der Waals surface area contributed by atoms with Crippen molar-refractivity contribution in [3.63, 3.8) is 0 Å². The van der Waals surface area contributed by atoms with Crippen LogP contribution in [0.1, 0.15) is 35.9 Å². The highest BCUT2D eigenvalue weighted by Crippen LogP contribution is 2.49. The molecule has 3 N–H and O–H groups in total. The van der Waals surface area contributed by atoms with Crippen molar-refractivity contribution in [2.24, 2.45) is 7.05 Å². The maximum atomic E-state index is 12.8. The smallest absolute Gasteiger partial charge is 0.395 e. The number of anilines is 1. The van der Waals surface area contributed by atoms with Gasteiger partial charge in [-0.15, -0.1) is 0 Å². The standard InChI is InChI=1S/C11H15F3N4O/c1-3-6-7(15)8(18(2)17-6)9(19)16-10(4-5-10)11(12,13)14/h3-5,15H2,1-2H3,(H,16,19). The van der Waals surface area contributed by atoms with Crippen LogP contribution in [0.3, 0.4) is 0 Å². The zero-order valence-corrected chi connectivity index (χ0v) is 10.6. The van der Waals surface area contributed by atoms with Crippen LogP contribution in [0.15, 0.2) is 0 Å². The normalized spacial score (nSPS) is 17.3. The van der Waals surface area contributed by atoms with E-state index >= 15 is 0 Å². The van der Waals surface area contributed by atoms with Gasteiger partial charge in [-0.1, -0.05) is 6.92 Å². The molecule has 1 aliphatic rings. The van der Waals surface area contributed by atoms with Crippen molar-refractivity contribution in [1.82, 2.24) is 15.1 Å². The van der Waals surface area contributed by atoms with Crippen molar-refractivity contribution in [3.8, 4) is 0 Å². The van der Waals surface area contributed by atoms with Crippen LogP contribution in [0.2, 0.25) is 0 Å². The Labute approximate surface area is 108 Å². The number of rotatable bonds is 3. The summed E-state index contributed by atoms with van der Waals surface area (Å²) >= 11 is 0. The van der Waals surface area contributed by atoms with Crippen LogP contribution in [0.5, 0.6) is 0 Å². The van der Waals surface area contributed by atoms with Crippen LogP contribution in [-0.4, -0.2) is 27.4 Å². The molecule has 0 spiro atoms. The predicted molar refractivity (Wildman–Crippen MR) is 62.5 cm³/mol. The van der Waals surface area contributed by atoms with Crippen molar-refractivity contribution < 1.29 is 18.0 Å². The van der Waals surface area contributed by atoms with Gasteiger partial charge in [0.2, 0.25) is 0 Å². The largest absolute Gasteiger partial charge is 0.411 e. The Hall–Kier alpha value is -1.73. The van der Waals surface area contributed by atoms with Crippen LogP contribution in [-0.2, 0) is 13.5 Å². The van der Waals surface area contributed by atoms with E-state index in [2.05, 4.69) is 5.10 Å². The van der Waals surface area contributed by atoms with Gasteiger partial charge in [0.05, 0.1) is 11.4 Å². The number of halogens is 3. The summed E-state index contributed by atoms with van der Waals surface area (Å²) in [6, 6.07) is 0. The number of nitrogens with one attached hydrogen (secondary N) is 1. The summed E-state index contributed by atoms with van der Waals surface area (Å²) < 4.78 is 39.5. The van der Waals surface area contributed by atoms with Crippen LogP contribution in [0, 0.1) is 0 Å². The number of hydrogen-bond donors (Lipinski definition) is 2. The third kappa shape index (κ3) is 2.15. The third-order valence-electron chi connectivity index (χ3n) is 3.36. The van der Waals surface area contributed by atoms with E-state index in [-0.39, 0.29) is 24.2 Å². The number of alkyl halides is 3. The summed E-state index contributed by atoms with van der Waals surface area (Å²) in [5.74, 6) is -0.831. The van der Waals surface area contributed by atoms with E-state index < -0.39 is 17.6 Å². The van der Waals surface area contributed by atoms with E-state index in [1.807, 2.05) is 5.32 Å². The molecule has 1 aliphatic carbocycles. The molecule has 0 unspecified atom stereocenters. The quantitative estimate of drug-likeness (QED) is 0.876. The summed E-state index contributed by atoms with van der Waals surface area (Å²) in [6.07, 6.45) is -4.12. The zero-order chi connectivity index (χ0) is 14.4. The van der Waals surface area contributed by atoms with E-state index in [9.17, 15) is 18.0 Å². The Balaban J connectivity index is 2.25. The number of amides is 1. The lowest BCUT2D eigenvalue weighted by Crippen LogP contribution is -2.48. The lowest BCUT2D eigenvalue weighted by Gasteiger charge is -2.20. The molecule has 5 nitrogen and oxygen atoms in total. The third-order valence-corrected chi connectivity index (χ3v) is 3.36. The second kappa shape index (κ2) is 4.14. The van der Waals surface area contributed by atoms with Crippen molar-refractivity contribution >= 4 is 11.6 Å². The monoisotopic (exact) mass is 276 g/mol. The predicted octanol–water partition coefficient (Wildman–Crippen LogP) is 1.39. The molecule has 0 saturated heterocycles. The summed E-state index contributed by atoms with van der Waals surface area (Å²) in [5.41, 5.74) is 4.27. The molecule has 1 heterocycles. The number of nitrogen functional groups attached to an aromatic ring is 1. The number of aryl methyl sites for hydroxylation is 2. The molecule has 19 heavy (non-hydrogen) atoms. The fraction of sp³-hybridized carbons (Fsp3) is 0.636. The van der Waals surface area contributed by atoms with Crippen molar-refractivity contribution in [2.45, 2.75) is 37.9 Å². The van der Waals surface area contributed by atoms with Crippen LogP contribution < -0.4 is 11.1 Å². The second-order valence-corrected chi connectivity index (χ2v) is 4.72. The van der Waals surface area contributed by atoms with Gasteiger partial charge in [0.25, 0.3) is 5.91 Å². The molecule has 1 fully saturated rings. The number of hydrogen-bond acceptors (Lipinski definition) is 3. The Morgan fingerprint density at radius 2 is 2.11 bits per heavy atom. The fourth-order valence-electron chi connectivity index (χ4n) is 2.01. The topological polar surface area (TPSA) is 72.9 Å². The molecule has 0 radical (unpaired) electrons. The van der Waals surface area contributed by atoms with Crippen LogP contribution in [0.25, 0.3) is 0 Å². The number of nitrogens with two attached hydrogens (primary N) is 1. The SMILES string of the molecule is CCc1nn(C)c(C(=O)NC2(C(F)(F)F)CC2)c1N. The minimum absolute atomic E-state index is 0.0209. The lowest BCUT2D eigenvalue weighted by molar-refractivity contribution is -0.163. The number of carbonyl (C=O) groups excluding carboxylic acids is 1. The maximum Gasteiger partial charge on any atom is 0.411 e. The van der Waals surface area contributed by atoms with Gasteiger partial charge in [0.15, 0.2) is 0 Å². The molecular weight excluding hydrogens is 261 g/mol. The summed E-state index contributed by atoms with van der Waals surface area (Å²) in [5, 5.41) is 6.05. The van der Waals surface area contributed by atoms with Crippen molar-refractivity contribution in [3.05, 3.63) is 11.4 Å². The average molecular weight is 276 g/mol. The van der Waals surface area contributed by atoms with E-state index in [0.717, 1.165) is 0 Å². The first-order valence-electron chi connectivity index (χ1n) is 5.92. The molecule has 1 aromatic rings. The first-order valence-corrected chi connectivity index (χ1v) is 5.92. The Bertz CT molecular complexity index is 517. The van der Waals surface area contributed by atoms with Crippen molar-refractivity contribution in [2.75, 3.05) is 5.73 Å². The fourth-order valence-corrected chi connectivity index (χ4v) is 2.01.